The average Bonchev–Trinajstić information content (AvgIpc) is 2.37. The number of hydrogen-bond donors (Lipinski definition) is 2. The lowest BCUT2D eigenvalue weighted by Crippen LogP contribution is -2.36. The number of benzene rings is 1. The van der Waals surface area contributed by atoms with E-state index in [1.54, 1.807) is 21.0 Å². The van der Waals surface area contributed by atoms with Crippen LogP contribution < -0.4 is 4.74 Å². The van der Waals surface area contributed by atoms with Crippen LogP contribution >= 0.6 is 0 Å². The van der Waals surface area contributed by atoms with Gasteiger partial charge in [-0.2, -0.15) is 0 Å². The Balaban J connectivity index is 2.63. The van der Waals surface area contributed by atoms with Gasteiger partial charge in [-0.3, -0.25) is 4.90 Å². The van der Waals surface area contributed by atoms with Crippen LogP contribution in [0.3, 0.4) is 0 Å². The molecule has 0 radical (unpaired) electrons. The normalized spacial score (nSPS) is 14.7. The highest BCUT2D eigenvalue weighted by atomic mass is 16.5. The Morgan fingerprint density at radius 1 is 1.15 bits per heavy atom. The van der Waals surface area contributed by atoms with E-state index in [0.717, 1.165) is 11.3 Å². The molecule has 0 heterocycles. The van der Waals surface area contributed by atoms with Gasteiger partial charge in [0.1, 0.15) is 5.75 Å². The Labute approximate surface area is 121 Å². The molecule has 0 aromatic heterocycles. The highest BCUT2D eigenvalue weighted by Crippen LogP contribution is 2.18. The fourth-order valence-corrected chi connectivity index (χ4v) is 2.10. The first-order chi connectivity index (χ1) is 9.52. The van der Waals surface area contributed by atoms with Gasteiger partial charge in [0.2, 0.25) is 0 Å². The summed E-state index contributed by atoms with van der Waals surface area (Å²) < 4.78 is 5.29. The molecule has 0 aliphatic carbocycles. The lowest BCUT2D eigenvalue weighted by atomic mass is 10.2. The summed E-state index contributed by atoms with van der Waals surface area (Å²) in [4.78, 5) is 2.02. The first-order valence-corrected chi connectivity index (χ1v) is 6.91. The molecule has 2 atom stereocenters. The van der Waals surface area contributed by atoms with Crippen LogP contribution in [0.2, 0.25) is 0 Å². The Morgan fingerprint density at radius 3 is 2.30 bits per heavy atom. The Morgan fingerprint density at radius 2 is 1.75 bits per heavy atom. The average molecular weight is 279 g/mol. The largest absolute Gasteiger partial charge is 0.496 e. The first kappa shape index (κ1) is 16.7. The number of para-hydroxylation sites is 1. The Kier molecular flexibility index (Phi) is 7.30. The third-order valence-electron chi connectivity index (χ3n) is 2.84. The monoisotopic (exact) mass is 279 g/mol. The van der Waals surface area contributed by atoms with E-state index in [1.165, 1.54) is 0 Å². The van der Waals surface area contributed by atoms with Crippen LogP contribution in [0.25, 0.3) is 6.08 Å². The number of nitrogens with zero attached hydrogens (tertiary/aromatic N) is 1. The molecule has 20 heavy (non-hydrogen) atoms. The van der Waals surface area contributed by atoms with Gasteiger partial charge in [-0.25, -0.2) is 0 Å². The molecular weight excluding hydrogens is 254 g/mol. The van der Waals surface area contributed by atoms with Crippen molar-refractivity contribution in [2.24, 2.45) is 0 Å². The zero-order chi connectivity index (χ0) is 15.0. The summed E-state index contributed by atoms with van der Waals surface area (Å²) in [5, 5.41) is 18.9. The minimum Gasteiger partial charge on any atom is -0.496 e. The fourth-order valence-electron chi connectivity index (χ4n) is 2.10. The van der Waals surface area contributed by atoms with Crippen LogP contribution in [0.5, 0.6) is 5.75 Å². The molecule has 0 saturated carbocycles. The van der Waals surface area contributed by atoms with Crippen LogP contribution in [0.4, 0.5) is 0 Å². The van der Waals surface area contributed by atoms with Crippen LogP contribution in [-0.2, 0) is 0 Å². The van der Waals surface area contributed by atoms with Crippen LogP contribution in [0.15, 0.2) is 30.3 Å². The molecule has 0 unspecified atom stereocenters. The van der Waals surface area contributed by atoms with E-state index in [-0.39, 0.29) is 0 Å². The van der Waals surface area contributed by atoms with Gasteiger partial charge in [-0.15, -0.1) is 0 Å². The Bertz CT molecular complexity index is 406. The maximum absolute atomic E-state index is 9.47. The maximum atomic E-state index is 9.47. The van der Waals surface area contributed by atoms with Crippen molar-refractivity contribution in [3.05, 3.63) is 35.9 Å². The highest BCUT2D eigenvalue weighted by molar-refractivity contribution is 5.57. The molecule has 0 spiro atoms. The third kappa shape index (κ3) is 6.19. The summed E-state index contributed by atoms with van der Waals surface area (Å²) in [6.07, 6.45) is 3.19. The molecule has 2 N–H and O–H groups in total. The van der Waals surface area contributed by atoms with Crippen molar-refractivity contribution in [2.45, 2.75) is 26.1 Å². The van der Waals surface area contributed by atoms with Crippen molar-refractivity contribution < 1.29 is 14.9 Å². The van der Waals surface area contributed by atoms with Crippen LogP contribution in [-0.4, -0.2) is 54.1 Å². The van der Waals surface area contributed by atoms with E-state index in [1.807, 2.05) is 41.3 Å². The number of aliphatic hydroxyl groups is 2. The molecular formula is C16H25NO3. The topological polar surface area (TPSA) is 52.9 Å². The third-order valence-corrected chi connectivity index (χ3v) is 2.84. The summed E-state index contributed by atoms with van der Waals surface area (Å²) in [5.41, 5.74) is 1.02. The number of ether oxygens (including phenoxy) is 1. The van der Waals surface area contributed by atoms with Crippen molar-refractivity contribution in [3.8, 4) is 5.75 Å². The predicted octanol–water partition coefficient (Wildman–Crippen LogP) is 1.77. The van der Waals surface area contributed by atoms with E-state index >= 15 is 0 Å². The van der Waals surface area contributed by atoms with Crippen molar-refractivity contribution >= 4 is 6.08 Å². The van der Waals surface area contributed by atoms with Gasteiger partial charge in [0.15, 0.2) is 0 Å². The van der Waals surface area contributed by atoms with E-state index < -0.39 is 12.2 Å². The lowest BCUT2D eigenvalue weighted by molar-refractivity contribution is 0.0907. The van der Waals surface area contributed by atoms with E-state index in [2.05, 4.69) is 0 Å². The van der Waals surface area contributed by atoms with Gasteiger partial charge >= 0.3 is 0 Å². The number of methoxy groups -OCH3 is 1. The van der Waals surface area contributed by atoms with Crippen molar-refractivity contribution in [1.29, 1.82) is 0 Å². The Hall–Kier alpha value is -1.36. The second-order valence-corrected chi connectivity index (χ2v) is 5.06. The first-order valence-electron chi connectivity index (χ1n) is 6.91. The summed E-state index contributed by atoms with van der Waals surface area (Å²) in [7, 11) is 1.65. The summed E-state index contributed by atoms with van der Waals surface area (Å²) in [6.45, 7) is 5.26. The molecule has 1 aromatic carbocycles. The number of aliphatic hydroxyl groups excluding tert-OH is 2. The molecule has 1 rings (SSSR count). The van der Waals surface area contributed by atoms with Crippen LogP contribution in [0, 0.1) is 0 Å². The molecule has 0 bridgehead atoms. The zero-order valence-corrected chi connectivity index (χ0v) is 12.5. The summed E-state index contributed by atoms with van der Waals surface area (Å²) in [6, 6.07) is 7.81. The van der Waals surface area contributed by atoms with Gasteiger partial charge in [0, 0.05) is 25.2 Å². The molecule has 1 aromatic rings. The second kappa shape index (κ2) is 8.74. The van der Waals surface area contributed by atoms with Crippen molar-refractivity contribution in [2.75, 3.05) is 26.7 Å². The SMILES string of the molecule is COc1ccccc1/C=C/CN(C[C@@H](C)O)C[C@@H](C)O. The highest BCUT2D eigenvalue weighted by Gasteiger charge is 2.09. The van der Waals surface area contributed by atoms with Gasteiger partial charge in [-0.05, 0) is 19.9 Å². The minimum atomic E-state index is -0.409. The number of hydrogen-bond acceptors (Lipinski definition) is 4. The standard InChI is InChI=1S/C16H25NO3/c1-13(18)11-17(12-14(2)19)10-6-8-15-7-4-5-9-16(15)20-3/h4-9,13-14,18-19H,10-12H2,1-3H3/b8-6+/t13-,14-/m1/s1. The molecule has 0 fully saturated rings. The molecule has 0 aliphatic heterocycles. The molecule has 0 amide bonds. The van der Waals surface area contributed by atoms with E-state index in [4.69, 9.17) is 4.74 Å². The van der Waals surface area contributed by atoms with E-state index in [9.17, 15) is 10.2 Å². The summed E-state index contributed by atoms with van der Waals surface area (Å²) in [5.74, 6) is 0.835. The van der Waals surface area contributed by atoms with Gasteiger partial charge in [0.05, 0.1) is 19.3 Å². The van der Waals surface area contributed by atoms with Crippen molar-refractivity contribution in [3.63, 3.8) is 0 Å². The van der Waals surface area contributed by atoms with Gasteiger partial charge in [-0.1, -0.05) is 30.4 Å². The second-order valence-electron chi connectivity index (χ2n) is 5.06. The maximum Gasteiger partial charge on any atom is 0.126 e. The molecule has 4 nitrogen and oxygen atoms in total. The predicted molar refractivity (Wildman–Crippen MR) is 81.8 cm³/mol. The molecule has 0 aliphatic rings. The minimum absolute atomic E-state index is 0.409. The zero-order valence-electron chi connectivity index (χ0n) is 12.5. The lowest BCUT2D eigenvalue weighted by Gasteiger charge is -2.23. The van der Waals surface area contributed by atoms with Gasteiger partial charge in [0.25, 0.3) is 0 Å². The summed E-state index contributed by atoms with van der Waals surface area (Å²) >= 11 is 0. The van der Waals surface area contributed by atoms with Gasteiger partial charge < -0.3 is 14.9 Å². The van der Waals surface area contributed by atoms with E-state index in [0.29, 0.717) is 19.6 Å². The molecule has 4 heteroatoms. The quantitative estimate of drug-likeness (QED) is 0.761. The van der Waals surface area contributed by atoms with Crippen LogP contribution in [0.1, 0.15) is 19.4 Å². The smallest absolute Gasteiger partial charge is 0.126 e. The van der Waals surface area contributed by atoms with Crippen molar-refractivity contribution in [1.82, 2.24) is 4.90 Å². The molecule has 0 saturated heterocycles. The fraction of sp³-hybridized carbons (Fsp3) is 0.500. The number of rotatable bonds is 8. The molecule has 112 valence electrons.